The molecule has 4 rings (SSSR count). The molecule has 3 N–H and O–H groups in total. The Morgan fingerprint density at radius 3 is 2.26 bits per heavy atom. The molecule has 0 spiro atoms. The van der Waals surface area contributed by atoms with Gasteiger partial charge in [0, 0.05) is 42.7 Å². The van der Waals surface area contributed by atoms with Crippen molar-refractivity contribution >= 4 is 17.8 Å². The number of amides is 3. The van der Waals surface area contributed by atoms with Crippen LogP contribution in [0, 0.1) is 0 Å². The molecule has 4 aromatic rings. The van der Waals surface area contributed by atoms with Crippen LogP contribution in [0.1, 0.15) is 11.3 Å². The first-order valence-electron chi connectivity index (χ1n) is 11.3. The zero-order valence-corrected chi connectivity index (χ0v) is 19.1. The van der Waals surface area contributed by atoms with Gasteiger partial charge in [-0.1, -0.05) is 66.7 Å². The van der Waals surface area contributed by atoms with E-state index in [1.807, 2.05) is 91.0 Å². The van der Waals surface area contributed by atoms with Gasteiger partial charge in [-0.3, -0.25) is 4.98 Å². The topological polar surface area (TPSA) is 92.3 Å². The SMILES string of the molecule is O=C(NCc1ccccc1-c1ccccc1OC(=O)NCCc1ccccn1)Nc1ccccc1. The van der Waals surface area contributed by atoms with Crippen molar-refractivity contribution in [2.45, 2.75) is 13.0 Å². The molecule has 0 saturated heterocycles. The third-order valence-electron chi connectivity index (χ3n) is 5.24. The number of rotatable bonds is 8. The highest BCUT2D eigenvalue weighted by molar-refractivity contribution is 5.89. The van der Waals surface area contributed by atoms with E-state index in [1.165, 1.54) is 0 Å². The van der Waals surface area contributed by atoms with Gasteiger partial charge in [-0.15, -0.1) is 0 Å². The molecular weight excluding hydrogens is 440 g/mol. The molecule has 0 unspecified atom stereocenters. The quantitative estimate of drug-likeness (QED) is 0.324. The molecule has 0 bridgehead atoms. The van der Waals surface area contributed by atoms with Crippen molar-refractivity contribution in [2.75, 3.05) is 11.9 Å². The van der Waals surface area contributed by atoms with E-state index in [0.717, 1.165) is 22.4 Å². The molecule has 35 heavy (non-hydrogen) atoms. The maximum Gasteiger partial charge on any atom is 0.412 e. The molecule has 7 heteroatoms. The Kier molecular flexibility index (Phi) is 8.05. The van der Waals surface area contributed by atoms with Crippen molar-refractivity contribution in [1.29, 1.82) is 0 Å². The number of nitrogens with one attached hydrogen (secondary N) is 3. The Labute approximate surface area is 204 Å². The predicted molar refractivity (Wildman–Crippen MR) is 136 cm³/mol. The van der Waals surface area contributed by atoms with Gasteiger partial charge in [-0.25, -0.2) is 9.59 Å². The molecule has 0 atom stereocenters. The maximum absolute atomic E-state index is 12.4. The smallest absolute Gasteiger partial charge is 0.410 e. The Morgan fingerprint density at radius 1 is 0.743 bits per heavy atom. The summed E-state index contributed by atoms with van der Waals surface area (Å²) in [6.45, 7) is 0.717. The van der Waals surface area contributed by atoms with Gasteiger partial charge >= 0.3 is 12.1 Å². The molecular formula is C28H26N4O3. The third-order valence-corrected chi connectivity index (χ3v) is 5.24. The zero-order valence-electron chi connectivity index (χ0n) is 19.1. The molecule has 0 aliphatic rings. The number of para-hydroxylation sites is 2. The summed E-state index contributed by atoms with van der Waals surface area (Å²) in [6.07, 6.45) is 1.80. The van der Waals surface area contributed by atoms with E-state index in [-0.39, 0.29) is 6.03 Å². The van der Waals surface area contributed by atoms with Crippen LogP contribution in [-0.2, 0) is 13.0 Å². The van der Waals surface area contributed by atoms with Crippen LogP contribution in [0.3, 0.4) is 0 Å². The first-order valence-corrected chi connectivity index (χ1v) is 11.3. The number of carbonyl (C=O) groups excluding carboxylic acids is 2. The Hall–Kier alpha value is -4.65. The third kappa shape index (κ3) is 6.91. The van der Waals surface area contributed by atoms with E-state index >= 15 is 0 Å². The summed E-state index contributed by atoms with van der Waals surface area (Å²) in [5.41, 5.74) is 4.12. The molecule has 7 nitrogen and oxygen atoms in total. The van der Waals surface area contributed by atoms with Crippen molar-refractivity contribution < 1.29 is 14.3 Å². The largest absolute Gasteiger partial charge is 0.412 e. The van der Waals surface area contributed by atoms with Crippen LogP contribution < -0.4 is 20.7 Å². The fourth-order valence-electron chi connectivity index (χ4n) is 3.56. The average molecular weight is 467 g/mol. The molecule has 1 aromatic heterocycles. The number of anilines is 1. The minimum absolute atomic E-state index is 0.303. The van der Waals surface area contributed by atoms with Crippen LogP contribution in [0.15, 0.2) is 103 Å². The first-order chi connectivity index (χ1) is 17.2. The first kappa shape index (κ1) is 23.5. The molecule has 0 saturated carbocycles. The van der Waals surface area contributed by atoms with Gasteiger partial charge in [0.1, 0.15) is 5.75 Å². The monoisotopic (exact) mass is 466 g/mol. The number of pyridine rings is 1. The van der Waals surface area contributed by atoms with Crippen molar-refractivity contribution in [3.8, 4) is 16.9 Å². The van der Waals surface area contributed by atoms with Crippen LogP contribution in [0.2, 0.25) is 0 Å². The lowest BCUT2D eigenvalue weighted by atomic mass is 9.99. The van der Waals surface area contributed by atoms with Gasteiger partial charge in [-0.2, -0.15) is 0 Å². The van der Waals surface area contributed by atoms with Gasteiger partial charge in [0.05, 0.1) is 0 Å². The summed E-state index contributed by atoms with van der Waals surface area (Å²) in [5.74, 6) is 0.434. The number of hydrogen-bond acceptors (Lipinski definition) is 4. The summed E-state index contributed by atoms with van der Waals surface area (Å²) in [6, 6.07) is 29.6. The van der Waals surface area contributed by atoms with Gasteiger partial charge < -0.3 is 20.7 Å². The summed E-state index contributed by atoms with van der Waals surface area (Å²) < 4.78 is 5.63. The van der Waals surface area contributed by atoms with E-state index in [1.54, 1.807) is 12.3 Å². The van der Waals surface area contributed by atoms with E-state index in [2.05, 4.69) is 20.9 Å². The van der Waals surface area contributed by atoms with Crippen molar-refractivity contribution in [1.82, 2.24) is 15.6 Å². The number of nitrogens with zero attached hydrogens (tertiary/aromatic N) is 1. The highest BCUT2D eigenvalue weighted by Gasteiger charge is 2.14. The average Bonchev–Trinajstić information content (AvgIpc) is 2.89. The summed E-state index contributed by atoms with van der Waals surface area (Å²) in [5, 5.41) is 8.46. The van der Waals surface area contributed by atoms with E-state index in [0.29, 0.717) is 30.9 Å². The molecule has 0 aliphatic heterocycles. The maximum atomic E-state index is 12.4. The van der Waals surface area contributed by atoms with E-state index in [4.69, 9.17) is 4.74 Å². The van der Waals surface area contributed by atoms with Gasteiger partial charge in [0.2, 0.25) is 0 Å². The summed E-state index contributed by atoms with van der Waals surface area (Å²) >= 11 is 0. The molecule has 1 heterocycles. The van der Waals surface area contributed by atoms with Crippen molar-refractivity contribution in [3.63, 3.8) is 0 Å². The molecule has 3 amide bonds. The van der Waals surface area contributed by atoms with Gasteiger partial charge in [-0.05, 0) is 41.5 Å². The molecule has 3 aromatic carbocycles. The fourth-order valence-corrected chi connectivity index (χ4v) is 3.56. The van der Waals surface area contributed by atoms with Crippen LogP contribution in [-0.4, -0.2) is 23.7 Å². The van der Waals surface area contributed by atoms with E-state index in [9.17, 15) is 9.59 Å². The molecule has 0 radical (unpaired) electrons. The highest BCUT2D eigenvalue weighted by atomic mass is 16.6. The predicted octanol–water partition coefficient (Wildman–Crippen LogP) is 5.40. The zero-order chi connectivity index (χ0) is 24.3. The minimum Gasteiger partial charge on any atom is -0.410 e. The normalized spacial score (nSPS) is 10.3. The van der Waals surface area contributed by atoms with Gasteiger partial charge in [0.25, 0.3) is 0 Å². The molecule has 0 aliphatic carbocycles. The van der Waals surface area contributed by atoms with Crippen LogP contribution in [0.25, 0.3) is 11.1 Å². The molecule has 0 fully saturated rings. The lowest BCUT2D eigenvalue weighted by Crippen LogP contribution is -2.29. The number of ether oxygens (including phenoxy) is 1. The van der Waals surface area contributed by atoms with Crippen molar-refractivity contribution in [2.24, 2.45) is 0 Å². The van der Waals surface area contributed by atoms with Gasteiger partial charge in [0.15, 0.2) is 0 Å². The van der Waals surface area contributed by atoms with Crippen LogP contribution in [0.5, 0.6) is 5.75 Å². The Morgan fingerprint density at radius 2 is 1.46 bits per heavy atom. The second-order valence-corrected chi connectivity index (χ2v) is 7.71. The van der Waals surface area contributed by atoms with E-state index < -0.39 is 6.09 Å². The van der Waals surface area contributed by atoms with Crippen LogP contribution in [0.4, 0.5) is 15.3 Å². The Balaban J connectivity index is 1.40. The van der Waals surface area contributed by atoms with Crippen molar-refractivity contribution in [3.05, 3.63) is 115 Å². The fraction of sp³-hybridized carbons (Fsp3) is 0.107. The standard InChI is InChI=1S/C28H26N4O3/c33-27(32-23-12-2-1-3-13-23)31-20-21-10-4-5-14-24(21)25-15-6-7-16-26(25)35-28(34)30-19-17-22-11-8-9-18-29-22/h1-16,18H,17,19-20H2,(H,30,34)(H2,31,32,33). The molecule has 176 valence electrons. The minimum atomic E-state index is -0.536. The Bertz CT molecular complexity index is 1260. The lowest BCUT2D eigenvalue weighted by Gasteiger charge is -2.15. The lowest BCUT2D eigenvalue weighted by molar-refractivity contribution is 0.201. The number of aromatic nitrogens is 1. The summed E-state index contributed by atoms with van der Waals surface area (Å²) in [4.78, 5) is 29.0. The van der Waals surface area contributed by atoms with Crippen LogP contribution >= 0.6 is 0 Å². The number of benzene rings is 3. The second-order valence-electron chi connectivity index (χ2n) is 7.71. The highest BCUT2D eigenvalue weighted by Crippen LogP contribution is 2.32. The second kappa shape index (κ2) is 12.0. The number of urea groups is 1. The number of carbonyl (C=O) groups is 2. The number of hydrogen-bond donors (Lipinski definition) is 3. The summed E-state index contributed by atoms with van der Waals surface area (Å²) in [7, 11) is 0.